The van der Waals surface area contributed by atoms with E-state index >= 15 is 0 Å². The number of hydrogen-bond acceptors (Lipinski definition) is 4. The fraction of sp³-hybridized carbons (Fsp3) is 0.185. The first-order valence-corrected chi connectivity index (χ1v) is 11.0. The van der Waals surface area contributed by atoms with Crippen LogP contribution in [0.25, 0.3) is 5.69 Å². The van der Waals surface area contributed by atoms with Gasteiger partial charge in [-0.2, -0.15) is 5.10 Å². The number of hydrogen-bond donors (Lipinski definition) is 0. The van der Waals surface area contributed by atoms with Gasteiger partial charge in [-0.15, -0.1) is 0 Å². The molecule has 0 aliphatic carbocycles. The van der Waals surface area contributed by atoms with Gasteiger partial charge in [-0.1, -0.05) is 36.4 Å². The summed E-state index contributed by atoms with van der Waals surface area (Å²) >= 11 is 0. The maximum atomic E-state index is 13.7. The SMILES string of the molecule is COc1cc2c(cc1OC)C(c1ccccc1)N(C(=O)c1ccn(-c3cccc(F)c3)n1)CC2. The Morgan fingerprint density at radius 1 is 0.971 bits per heavy atom. The summed E-state index contributed by atoms with van der Waals surface area (Å²) in [6.07, 6.45) is 2.35. The van der Waals surface area contributed by atoms with Crippen LogP contribution in [-0.4, -0.2) is 41.4 Å². The Morgan fingerprint density at radius 2 is 1.74 bits per heavy atom. The van der Waals surface area contributed by atoms with Crippen molar-refractivity contribution in [1.29, 1.82) is 0 Å². The summed E-state index contributed by atoms with van der Waals surface area (Å²) in [5, 5.41) is 4.46. The van der Waals surface area contributed by atoms with Gasteiger partial charge in [0.1, 0.15) is 5.82 Å². The number of benzene rings is 3. The van der Waals surface area contributed by atoms with Crippen molar-refractivity contribution in [3.05, 3.63) is 107 Å². The van der Waals surface area contributed by atoms with Crippen LogP contribution in [0, 0.1) is 5.82 Å². The van der Waals surface area contributed by atoms with Gasteiger partial charge in [-0.05, 0) is 59.5 Å². The molecule has 0 radical (unpaired) electrons. The Labute approximate surface area is 197 Å². The summed E-state index contributed by atoms with van der Waals surface area (Å²) in [7, 11) is 3.22. The van der Waals surface area contributed by atoms with Gasteiger partial charge in [-0.3, -0.25) is 4.79 Å². The summed E-state index contributed by atoms with van der Waals surface area (Å²) in [6.45, 7) is 0.522. The van der Waals surface area contributed by atoms with Gasteiger partial charge in [0.05, 0.1) is 25.9 Å². The lowest BCUT2D eigenvalue weighted by atomic mass is 9.87. The summed E-state index contributed by atoms with van der Waals surface area (Å²) in [5.74, 6) is 0.736. The van der Waals surface area contributed by atoms with E-state index in [1.807, 2.05) is 47.4 Å². The van der Waals surface area contributed by atoms with E-state index in [9.17, 15) is 9.18 Å². The monoisotopic (exact) mass is 457 g/mol. The smallest absolute Gasteiger partial charge is 0.275 e. The van der Waals surface area contributed by atoms with Crippen LogP contribution in [-0.2, 0) is 6.42 Å². The maximum absolute atomic E-state index is 13.7. The van der Waals surface area contributed by atoms with E-state index < -0.39 is 0 Å². The van der Waals surface area contributed by atoms with Gasteiger partial charge in [0.15, 0.2) is 17.2 Å². The molecule has 2 heterocycles. The second-order valence-electron chi connectivity index (χ2n) is 8.09. The van der Waals surface area contributed by atoms with Crippen molar-refractivity contribution < 1.29 is 18.7 Å². The van der Waals surface area contributed by atoms with Gasteiger partial charge in [0.2, 0.25) is 0 Å². The zero-order valence-electron chi connectivity index (χ0n) is 18.9. The van der Waals surface area contributed by atoms with Gasteiger partial charge in [0, 0.05) is 12.7 Å². The number of halogens is 1. The van der Waals surface area contributed by atoms with Gasteiger partial charge >= 0.3 is 0 Å². The van der Waals surface area contributed by atoms with Crippen molar-refractivity contribution >= 4 is 5.91 Å². The van der Waals surface area contributed by atoms with Crippen molar-refractivity contribution in [2.75, 3.05) is 20.8 Å². The van der Waals surface area contributed by atoms with Crippen molar-refractivity contribution in [1.82, 2.24) is 14.7 Å². The van der Waals surface area contributed by atoms with Crippen LogP contribution in [0.3, 0.4) is 0 Å². The molecule has 1 unspecified atom stereocenters. The van der Waals surface area contributed by atoms with Gasteiger partial charge < -0.3 is 14.4 Å². The second kappa shape index (κ2) is 9.02. The molecule has 1 aliphatic heterocycles. The molecule has 5 rings (SSSR count). The quantitative estimate of drug-likeness (QED) is 0.431. The summed E-state index contributed by atoms with van der Waals surface area (Å²) in [6, 6.07) is 21.3. The topological polar surface area (TPSA) is 56.6 Å². The lowest BCUT2D eigenvalue weighted by Crippen LogP contribution is -2.41. The molecule has 0 saturated carbocycles. The van der Waals surface area contributed by atoms with Crippen LogP contribution in [0.2, 0.25) is 0 Å². The zero-order valence-corrected chi connectivity index (χ0v) is 18.9. The van der Waals surface area contributed by atoms with Crippen molar-refractivity contribution in [3.63, 3.8) is 0 Å². The molecule has 4 aromatic rings. The number of amides is 1. The van der Waals surface area contributed by atoms with E-state index in [1.165, 1.54) is 16.8 Å². The highest BCUT2D eigenvalue weighted by molar-refractivity contribution is 5.93. The van der Waals surface area contributed by atoms with E-state index in [4.69, 9.17) is 9.47 Å². The summed E-state index contributed by atoms with van der Waals surface area (Å²) < 4.78 is 26.2. The molecule has 3 aromatic carbocycles. The van der Waals surface area contributed by atoms with Crippen LogP contribution in [0.4, 0.5) is 4.39 Å². The Bertz CT molecular complexity index is 1340. The Hall–Kier alpha value is -4.13. The number of fused-ring (bicyclic) bond motifs is 1. The largest absolute Gasteiger partial charge is 0.493 e. The lowest BCUT2D eigenvalue weighted by Gasteiger charge is -2.37. The molecule has 1 atom stereocenters. The van der Waals surface area contributed by atoms with E-state index in [0.29, 0.717) is 35.8 Å². The number of nitrogens with zero attached hydrogens (tertiary/aromatic N) is 3. The molecule has 34 heavy (non-hydrogen) atoms. The first-order valence-electron chi connectivity index (χ1n) is 11.0. The number of carbonyl (C=O) groups is 1. The van der Waals surface area contributed by atoms with Crippen molar-refractivity contribution in [3.8, 4) is 17.2 Å². The number of carbonyl (C=O) groups excluding carboxylic acids is 1. The van der Waals surface area contributed by atoms with E-state index in [0.717, 1.165) is 16.7 Å². The fourth-order valence-corrected chi connectivity index (χ4v) is 4.51. The highest BCUT2D eigenvalue weighted by Gasteiger charge is 2.34. The fourth-order valence-electron chi connectivity index (χ4n) is 4.51. The average molecular weight is 458 g/mol. The van der Waals surface area contributed by atoms with Crippen molar-refractivity contribution in [2.24, 2.45) is 0 Å². The molecular weight excluding hydrogens is 433 g/mol. The minimum atomic E-state index is -0.359. The standard InChI is InChI=1S/C27H24FN3O3/c1-33-24-15-19-11-13-30(26(18-7-4-3-5-8-18)22(19)17-25(24)34-2)27(32)23-12-14-31(29-23)21-10-6-9-20(28)16-21/h3-10,12,14-17,26H,11,13H2,1-2H3. The Morgan fingerprint density at radius 3 is 2.47 bits per heavy atom. The molecule has 1 aliphatic rings. The van der Waals surface area contributed by atoms with Crippen LogP contribution in [0.1, 0.15) is 33.2 Å². The molecule has 0 saturated heterocycles. The molecular formula is C27H24FN3O3. The van der Waals surface area contributed by atoms with Crippen molar-refractivity contribution in [2.45, 2.75) is 12.5 Å². The molecule has 1 aromatic heterocycles. The Balaban J connectivity index is 1.55. The first-order chi connectivity index (χ1) is 16.6. The predicted molar refractivity (Wildman–Crippen MR) is 126 cm³/mol. The van der Waals surface area contributed by atoms with E-state index in [1.54, 1.807) is 38.6 Å². The number of ether oxygens (including phenoxy) is 2. The van der Waals surface area contributed by atoms with Crippen LogP contribution in [0.5, 0.6) is 11.5 Å². The molecule has 172 valence electrons. The second-order valence-corrected chi connectivity index (χ2v) is 8.09. The third-order valence-electron chi connectivity index (χ3n) is 6.13. The molecule has 6 nitrogen and oxygen atoms in total. The number of methoxy groups -OCH3 is 2. The molecule has 0 spiro atoms. The third kappa shape index (κ3) is 3.90. The van der Waals surface area contributed by atoms with Crippen LogP contribution >= 0.6 is 0 Å². The highest BCUT2D eigenvalue weighted by atomic mass is 19.1. The van der Waals surface area contributed by atoms with E-state index in [-0.39, 0.29) is 17.8 Å². The summed E-state index contributed by atoms with van der Waals surface area (Å²) in [5.41, 5.74) is 3.95. The summed E-state index contributed by atoms with van der Waals surface area (Å²) in [4.78, 5) is 15.5. The number of aromatic nitrogens is 2. The van der Waals surface area contributed by atoms with Crippen LogP contribution < -0.4 is 9.47 Å². The maximum Gasteiger partial charge on any atom is 0.275 e. The zero-order chi connectivity index (χ0) is 23.7. The minimum Gasteiger partial charge on any atom is -0.493 e. The normalized spacial score (nSPS) is 15.0. The third-order valence-corrected chi connectivity index (χ3v) is 6.13. The highest BCUT2D eigenvalue weighted by Crippen LogP contribution is 2.41. The molecule has 0 bridgehead atoms. The van der Waals surface area contributed by atoms with Crippen LogP contribution in [0.15, 0.2) is 79.0 Å². The minimum absolute atomic E-state index is 0.190. The number of rotatable bonds is 5. The van der Waals surface area contributed by atoms with Gasteiger partial charge in [-0.25, -0.2) is 9.07 Å². The Kier molecular flexibility index (Phi) is 5.76. The lowest BCUT2D eigenvalue weighted by molar-refractivity contribution is 0.0687. The first kappa shape index (κ1) is 21.7. The molecule has 0 fully saturated rings. The van der Waals surface area contributed by atoms with E-state index in [2.05, 4.69) is 5.10 Å². The molecule has 7 heteroatoms. The molecule has 0 N–H and O–H groups in total. The van der Waals surface area contributed by atoms with Gasteiger partial charge in [0.25, 0.3) is 5.91 Å². The predicted octanol–water partition coefficient (Wildman–Crippen LogP) is 4.82. The molecule has 1 amide bonds. The average Bonchev–Trinajstić information content (AvgIpc) is 3.37.